The third-order valence-electron chi connectivity index (χ3n) is 2.78. The van der Waals surface area contributed by atoms with Gasteiger partial charge in [-0.1, -0.05) is 30.7 Å². The van der Waals surface area contributed by atoms with Gasteiger partial charge in [0.2, 0.25) is 10.5 Å². The summed E-state index contributed by atoms with van der Waals surface area (Å²) in [6.07, 6.45) is 2.53. The number of halogens is 1. The second-order valence-electron chi connectivity index (χ2n) is 4.10. The van der Waals surface area contributed by atoms with Gasteiger partial charge in [0.1, 0.15) is 11.2 Å². The third-order valence-corrected chi connectivity index (χ3v) is 3.86. The van der Waals surface area contributed by atoms with Crippen molar-refractivity contribution in [3.05, 3.63) is 28.8 Å². The molecule has 0 N–H and O–H groups in total. The van der Waals surface area contributed by atoms with E-state index in [9.17, 15) is 0 Å². The quantitative estimate of drug-likeness (QED) is 0.708. The molecule has 0 saturated heterocycles. The van der Waals surface area contributed by atoms with Crippen LogP contribution in [-0.2, 0) is 6.54 Å². The summed E-state index contributed by atoms with van der Waals surface area (Å²) in [6, 6.07) is 6.74. The summed E-state index contributed by atoms with van der Waals surface area (Å²) >= 11 is 1.90. The predicted molar refractivity (Wildman–Crippen MR) is 66.4 cm³/mol. The van der Waals surface area contributed by atoms with Gasteiger partial charge in [-0.15, -0.1) is 0 Å². The molecule has 1 aromatic carbocycles. The van der Waals surface area contributed by atoms with Crippen molar-refractivity contribution in [1.29, 1.82) is 0 Å². The molecule has 0 bridgehead atoms. The van der Waals surface area contributed by atoms with Crippen molar-refractivity contribution < 1.29 is 17.0 Å². The van der Waals surface area contributed by atoms with E-state index in [4.69, 9.17) is 0 Å². The molecule has 88 valence electrons. The van der Waals surface area contributed by atoms with Crippen molar-refractivity contribution in [2.24, 2.45) is 0 Å². The average Bonchev–Trinajstić information content (AvgIpc) is 2.51. The van der Waals surface area contributed by atoms with Gasteiger partial charge in [-0.3, -0.25) is 0 Å². The SMILES string of the molecule is CCCC[n+]1c(C)sc2ccc(C)cc21.[Cl-]. The van der Waals surface area contributed by atoms with Gasteiger partial charge in [0, 0.05) is 19.4 Å². The number of aromatic nitrogens is 1. The van der Waals surface area contributed by atoms with E-state index in [0.717, 1.165) is 6.54 Å². The summed E-state index contributed by atoms with van der Waals surface area (Å²) < 4.78 is 3.87. The lowest BCUT2D eigenvalue weighted by molar-refractivity contribution is -0.673. The summed E-state index contributed by atoms with van der Waals surface area (Å²) in [5.74, 6) is 0. The van der Waals surface area contributed by atoms with Gasteiger partial charge < -0.3 is 12.4 Å². The van der Waals surface area contributed by atoms with Crippen molar-refractivity contribution in [2.45, 2.75) is 40.2 Å². The molecule has 0 radical (unpaired) electrons. The van der Waals surface area contributed by atoms with E-state index in [1.807, 2.05) is 11.3 Å². The molecule has 0 unspecified atom stereocenters. The maximum absolute atomic E-state index is 2.45. The number of unbranched alkanes of at least 4 members (excludes halogenated alkanes) is 1. The summed E-state index contributed by atoms with van der Waals surface area (Å²) in [7, 11) is 0. The summed E-state index contributed by atoms with van der Waals surface area (Å²) in [4.78, 5) is 0. The minimum Gasteiger partial charge on any atom is -1.00 e. The summed E-state index contributed by atoms with van der Waals surface area (Å²) in [5.41, 5.74) is 2.76. The Morgan fingerprint density at radius 1 is 1.25 bits per heavy atom. The Morgan fingerprint density at radius 2 is 2.00 bits per heavy atom. The van der Waals surface area contributed by atoms with Crippen LogP contribution in [0.25, 0.3) is 10.2 Å². The first-order valence-corrected chi connectivity index (χ1v) is 6.43. The van der Waals surface area contributed by atoms with Crippen molar-refractivity contribution in [3.8, 4) is 0 Å². The average molecular weight is 256 g/mol. The molecule has 0 aliphatic heterocycles. The molecule has 0 amide bonds. The zero-order valence-corrected chi connectivity index (χ0v) is 11.7. The molecule has 16 heavy (non-hydrogen) atoms. The van der Waals surface area contributed by atoms with Gasteiger partial charge >= 0.3 is 0 Å². The lowest BCUT2D eigenvalue weighted by Crippen LogP contribution is -3.00. The van der Waals surface area contributed by atoms with E-state index in [-0.39, 0.29) is 12.4 Å². The fourth-order valence-corrected chi connectivity index (χ4v) is 2.93. The van der Waals surface area contributed by atoms with Gasteiger partial charge in [-0.05, 0) is 18.6 Å². The lowest BCUT2D eigenvalue weighted by Gasteiger charge is -1.95. The molecule has 0 fully saturated rings. The standard InChI is InChI=1S/C13H18NS.ClH/c1-4-5-8-14-11(3)15-13-7-6-10(2)9-12(13)14;/h6-7,9H,4-5,8H2,1-3H3;1H/q+1;/p-1. The van der Waals surface area contributed by atoms with E-state index < -0.39 is 0 Å². The topological polar surface area (TPSA) is 3.88 Å². The zero-order valence-electron chi connectivity index (χ0n) is 10.1. The largest absolute Gasteiger partial charge is 1.00 e. The third kappa shape index (κ3) is 2.55. The number of nitrogens with zero attached hydrogens (tertiary/aromatic N) is 1. The van der Waals surface area contributed by atoms with Crippen LogP contribution in [0.3, 0.4) is 0 Å². The Morgan fingerprint density at radius 3 is 2.69 bits per heavy atom. The van der Waals surface area contributed by atoms with Crippen molar-refractivity contribution in [3.63, 3.8) is 0 Å². The van der Waals surface area contributed by atoms with Gasteiger partial charge in [-0.2, -0.15) is 4.57 Å². The predicted octanol–water partition coefficient (Wildman–Crippen LogP) is 0.610. The molecule has 2 rings (SSSR count). The van der Waals surface area contributed by atoms with Gasteiger partial charge in [0.05, 0.1) is 0 Å². The number of hydrogen-bond acceptors (Lipinski definition) is 1. The van der Waals surface area contributed by atoms with Crippen LogP contribution in [0.2, 0.25) is 0 Å². The van der Waals surface area contributed by atoms with Crippen LogP contribution >= 0.6 is 11.3 Å². The smallest absolute Gasteiger partial charge is 0.235 e. The second-order valence-corrected chi connectivity index (χ2v) is 5.33. The van der Waals surface area contributed by atoms with Gasteiger partial charge in [0.25, 0.3) is 0 Å². The molecule has 0 aliphatic carbocycles. The fraction of sp³-hybridized carbons (Fsp3) is 0.462. The van der Waals surface area contributed by atoms with Crippen LogP contribution in [0.15, 0.2) is 18.2 Å². The lowest BCUT2D eigenvalue weighted by atomic mass is 10.2. The fourth-order valence-electron chi connectivity index (χ4n) is 1.90. The monoisotopic (exact) mass is 255 g/mol. The maximum Gasteiger partial charge on any atom is 0.235 e. The number of benzene rings is 1. The molecule has 0 aliphatic rings. The normalized spacial score (nSPS) is 10.4. The first-order valence-electron chi connectivity index (χ1n) is 5.62. The Balaban J connectivity index is 0.00000128. The molecule has 0 saturated carbocycles. The highest BCUT2D eigenvalue weighted by atomic mass is 35.5. The second kappa shape index (κ2) is 5.65. The van der Waals surface area contributed by atoms with Crippen molar-refractivity contribution >= 4 is 21.6 Å². The Labute approximate surface area is 108 Å². The van der Waals surface area contributed by atoms with Gasteiger partial charge in [-0.25, -0.2) is 0 Å². The first kappa shape index (κ1) is 13.5. The van der Waals surface area contributed by atoms with Crippen molar-refractivity contribution in [2.75, 3.05) is 0 Å². The minimum atomic E-state index is 0. The van der Waals surface area contributed by atoms with Gasteiger partial charge in [0.15, 0.2) is 0 Å². The molecule has 0 atom stereocenters. The van der Waals surface area contributed by atoms with E-state index >= 15 is 0 Å². The number of thiazole rings is 1. The van der Waals surface area contributed by atoms with Crippen LogP contribution in [0.5, 0.6) is 0 Å². The van der Waals surface area contributed by atoms with Crippen LogP contribution in [-0.4, -0.2) is 0 Å². The zero-order chi connectivity index (χ0) is 10.8. The van der Waals surface area contributed by atoms with E-state index in [0.29, 0.717) is 0 Å². The molecule has 1 heterocycles. The highest BCUT2D eigenvalue weighted by Crippen LogP contribution is 2.21. The highest BCUT2D eigenvalue weighted by molar-refractivity contribution is 7.18. The maximum atomic E-state index is 2.45. The number of fused-ring (bicyclic) bond motifs is 1. The Hall–Kier alpha value is -0.600. The summed E-state index contributed by atoms with van der Waals surface area (Å²) in [5, 5.41) is 1.42. The number of rotatable bonds is 3. The minimum absolute atomic E-state index is 0. The van der Waals surface area contributed by atoms with Crippen LogP contribution in [0.1, 0.15) is 30.3 Å². The Kier molecular flexibility index (Phi) is 4.75. The highest BCUT2D eigenvalue weighted by Gasteiger charge is 2.15. The molecule has 1 aromatic heterocycles. The molecule has 1 nitrogen and oxygen atoms in total. The molecule has 0 spiro atoms. The van der Waals surface area contributed by atoms with Crippen molar-refractivity contribution in [1.82, 2.24) is 0 Å². The van der Waals surface area contributed by atoms with E-state index in [2.05, 4.69) is 43.5 Å². The Bertz CT molecular complexity index is 476. The molecule has 2 aromatic rings. The molecular weight excluding hydrogens is 238 g/mol. The van der Waals surface area contributed by atoms with Crippen LogP contribution in [0, 0.1) is 13.8 Å². The number of aryl methyl sites for hydroxylation is 3. The van der Waals surface area contributed by atoms with E-state index in [1.165, 1.54) is 33.6 Å². The molecule has 3 heteroatoms. The summed E-state index contributed by atoms with van der Waals surface area (Å²) in [6.45, 7) is 7.79. The molecular formula is C13H18ClNS. The first-order chi connectivity index (χ1) is 7.22. The van der Waals surface area contributed by atoms with Crippen LogP contribution in [0.4, 0.5) is 0 Å². The van der Waals surface area contributed by atoms with Crippen LogP contribution < -0.4 is 17.0 Å². The van der Waals surface area contributed by atoms with E-state index in [1.54, 1.807) is 0 Å². The number of hydrogen-bond donors (Lipinski definition) is 0.